The van der Waals surface area contributed by atoms with Crippen LogP contribution in [0.2, 0.25) is 0 Å². The number of ether oxygens (including phenoxy) is 1. The van der Waals surface area contributed by atoms with Gasteiger partial charge in [0.15, 0.2) is 0 Å². The number of nitrogens with zero attached hydrogens (tertiary/aromatic N) is 1. The van der Waals surface area contributed by atoms with E-state index in [1.165, 1.54) is 0 Å². The summed E-state index contributed by atoms with van der Waals surface area (Å²) in [6, 6.07) is 13.9. The maximum atomic E-state index is 5.35. The van der Waals surface area contributed by atoms with Crippen LogP contribution < -0.4 is 10.1 Å². The molecule has 4 nitrogen and oxygen atoms in total. The smallest absolute Gasteiger partial charge is 0.145 e. The Morgan fingerprint density at radius 1 is 1.10 bits per heavy atom. The third kappa shape index (κ3) is 2.65. The molecule has 4 heteroatoms. The predicted molar refractivity (Wildman–Crippen MR) is 77.5 cm³/mol. The van der Waals surface area contributed by atoms with Gasteiger partial charge in [-0.2, -0.15) is 0 Å². The number of fused-ring (bicyclic) bond motifs is 1. The van der Waals surface area contributed by atoms with Crippen LogP contribution in [-0.2, 0) is 13.1 Å². The van der Waals surface area contributed by atoms with E-state index in [1.807, 2.05) is 36.4 Å². The minimum Gasteiger partial charge on any atom is -0.494 e. The van der Waals surface area contributed by atoms with Gasteiger partial charge in [0.05, 0.1) is 25.6 Å². The SMILES string of the molecule is COc1cccc2ccc(CNCc3ccco3)nc12. The highest BCUT2D eigenvalue weighted by Gasteiger charge is 2.04. The third-order valence-electron chi connectivity index (χ3n) is 3.15. The van der Waals surface area contributed by atoms with Gasteiger partial charge in [-0.1, -0.05) is 18.2 Å². The molecule has 20 heavy (non-hydrogen) atoms. The van der Waals surface area contributed by atoms with Gasteiger partial charge in [-0.15, -0.1) is 0 Å². The van der Waals surface area contributed by atoms with Crippen LogP contribution in [0.4, 0.5) is 0 Å². The van der Waals surface area contributed by atoms with E-state index in [0.717, 1.165) is 28.1 Å². The topological polar surface area (TPSA) is 47.3 Å². The lowest BCUT2D eigenvalue weighted by molar-refractivity contribution is 0.418. The average Bonchev–Trinajstić information content (AvgIpc) is 3.00. The Bertz CT molecular complexity index is 693. The fraction of sp³-hybridized carbons (Fsp3) is 0.188. The molecule has 0 radical (unpaired) electrons. The first kappa shape index (κ1) is 12.7. The molecule has 1 N–H and O–H groups in total. The molecule has 0 aliphatic carbocycles. The van der Waals surface area contributed by atoms with Crippen molar-refractivity contribution in [2.24, 2.45) is 0 Å². The summed E-state index contributed by atoms with van der Waals surface area (Å²) in [5, 5.41) is 4.39. The Morgan fingerprint density at radius 2 is 2.05 bits per heavy atom. The molecule has 0 aliphatic rings. The van der Waals surface area contributed by atoms with Crippen molar-refractivity contribution in [2.75, 3.05) is 7.11 Å². The number of methoxy groups -OCH3 is 1. The normalized spacial score (nSPS) is 10.8. The Labute approximate surface area is 117 Å². The van der Waals surface area contributed by atoms with Gasteiger partial charge in [-0.3, -0.25) is 0 Å². The van der Waals surface area contributed by atoms with E-state index in [4.69, 9.17) is 9.15 Å². The summed E-state index contributed by atoms with van der Waals surface area (Å²) in [6.45, 7) is 1.38. The fourth-order valence-corrected chi connectivity index (χ4v) is 2.15. The van der Waals surface area contributed by atoms with E-state index in [0.29, 0.717) is 13.1 Å². The minimum atomic E-state index is 0.689. The number of furan rings is 1. The molecule has 3 rings (SSSR count). The lowest BCUT2D eigenvalue weighted by atomic mass is 10.2. The quantitative estimate of drug-likeness (QED) is 0.772. The van der Waals surface area contributed by atoms with Gasteiger partial charge in [-0.25, -0.2) is 4.98 Å². The number of hydrogen-bond donors (Lipinski definition) is 1. The predicted octanol–water partition coefficient (Wildman–Crippen LogP) is 3.13. The number of benzene rings is 1. The maximum Gasteiger partial charge on any atom is 0.145 e. The number of para-hydroxylation sites is 1. The van der Waals surface area contributed by atoms with Crippen molar-refractivity contribution in [1.82, 2.24) is 10.3 Å². The zero-order valence-corrected chi connectivity index (χ0v) is 11.3. The van der Waals surface area contributed by atoms with Crippen molar-refractivity contribution in [1.29, 1.82) is 0 Å². The summed E-state index contributed by atoms with van der Waals surface area (Å²) in [6.07, 6.45) is 1.68. The molecule has 102 valence electrons. The Morgan fingerprint density at radius 3 is 2.85 bits per heavy atom. The van der Waals surface area contributed by atoms with Gasteiger partial charge >= 0.3 is 0 Å². The summed E-state index contributed by atoms with van der Waals surface area (Å²) in [4.78, 5) is 4.65. The Hall–Kier alpha value is -2.33. The standard InChI is InChI=1S/C16H16N2O2/c1-19-15-6-2-4-12-7-8-13(18-16(12)15)10-17-11-14-5-3-9-20-14/h2-9,17H,10-11H2,1H3. The van der Waals surface area contributed by atoms with Crippen LogP contribution in [0.3, 0.4) is 0 Å². The van der Waals surface area contributed by atoms with Crippen LogP contribution in [-0.4, -0.2) is 12.1 Å². The van der Waals surface area contributed by atoms with Crippen molar-refractivity contribution in [2.45, 2.75) is 13.1 Å². The van der Waals surface area contributed by atoms with E-state index in [-0.39, 0.29) is 0 Å². The molecule has 0 amide bonds. The number of pyridine rings is 1. The first-order valence-corrected chi connectivity index (χ1v) is 6.52. The highest BCUT2D eigenvalue weighted by Crippen LogP contribution is 2.23. The van der Waals surface area contributed by atoms with Crippen LogP contribution in [0, 0.1) is 0 Å². The highest BCUT2D eigenvalue weighted by molar-refractivity contribution is 5.84. The van der Waals surface area contributed by atoms with Crippen LogP contribution in [0.15, 0.2) is 53.1 Å². The zero-order chi connectivity index (χ0) is 13.8. The van der Waals surface area contributed by atoms with Gasteiger partial charge in [-0.05, 0) is 24.3 Å². The molecule has 0 unspecified atom stereocenters. The molecule has 0 saturated heterocycles. The molecule has 0 fully saturated rings. The number of hydrogen-bond acceptors (Lipinski definition) is 4. The zero-order valence-electron chi connectivity index (χ0n) is 11.3. The van der Waals surface area contributed by atoms with E-state index in [9.17, 15) is 0 Å². The van der Waals surface area contributed by atoms with Crippen molar-refractivity contribution in [3.8, 4) is 5.75 Å². The number of nitrogens with one attached hydrogen (secondary N) is 1. The van der Waals surface area contributed by atoms with Crippen molar-refractivity contribution < 1.29 is 9.15 Å². The summed E-state index contributed by atoms with van der Waals surface area (Å²) >= 11 is 0. The number of rotatable bonds is 5. The summed E-state index contributed by atoms with van der Waals surface area (Å²) in [7, 11) is 1.66. The second-order valence-electron chi connectivity index (χ2n) is 4.52. The lowest BCUT2D eigenvalue weighted by Gasteiger charge is -2.07. The van der Waals surface area contributed by atoms with Gasteiger partial charge < -0.3 is 14.5 Å². The second kappa shape index (κ2) is 5.75. The van der Waals surface area contributed by atoms with Gasteiger partial charge in [0.1, 0.15) is 17.0 Å². The Balaban J connectivity index is 1.75. The van der Waals surface area contributed by atoms with E-state index < -0.39 is 0 Å². The molecule has 0 saturated carbocycles. The average molecular weight is 268 g/mol. The summed E-state index contributed by atoms with van der Waals surface area (Å²) in [5.74, 6) is 1.72. The fourth-order valence-electron chi connectivity index (χ4n) is 2.15. The monoisotopic (exact) mass is 268 g/mol. The van der Waals surface area contributed by atoms with Crippen molar-refractivity contribution in [3.63, 3.8) is 0 Å². The molecule has 0 atom stereocenters. The molecule has 2 aromatic heterocycles. The van der Waals surface area contributed by atoms with Crippen LogP contribution >= 0.6 is 0 Å². The first-order valence-electron chi connectivity index (χ1n) is 6.52. The molecule has 3 aromatic rings. The van der Waals surface area contributed by atoms with Crippen molar-refractivity contribution in [3.05, 3.63) is 60.2 Å². The van der Waals surface area contributed by atoms with Crippen LogP contribution in [0.25, 0.3) is 10.9 Å². The van der Waals surface area contributed by atoms with Gasteiger partial charge in [0, 0.05) is 11.9 Å². The van der Waals surface area contributed by atoms with Gasteiger partial charge in [0.25, 0.3) is 0 Å². The number of aromatic nitrogens is 1. The van der Waals surface area contributed by atoms with Gasteiger partial charge in [0.2, 0.25) is 0 Å². The molecule has 0 bridgehead atoms. The largest absolute Gasteiger partial charge is 0.494 e. The summed E-state index contributed by atoms with van der Waals surface area (Å²) in [5.41, 5.74) is 1.88. The van der Waals surface area contributed by atoms with E-state index in [1.54, 1.807) is 13.4 Å². The van der Waals surface area contributed by atoms with E-state index in [2.05, 4.69) is 16.4 Å². The minimum absolute atomic E-state index is 0.689. The summed E-state index contributed by atoms with van der Waals surface area (Å²) < 4.78 is 10.6. The van der Waals surface area contributed by atoms with Crippen LogP contribution in [0.1, 0.15) is 11.5 Å². The second-order valence-corrected chi connectivity index (χ2v) is 4.52. The lowest BCUT2D eigenvalue weighted by Crippen LogP contribution is -2.13. The molecule has 1 aromatic carbocycles. The van der Waals surface area contributed by atoms with Crippen molar-refractivity contribution >= 4 is 10.9 Å². The Kier molecular flexibility index (Phi) is 3.65. The third-order valence-corrected chi connectivity index (χ3v) is 3.15. The molecule has 2 heterocycles. The molecule has 0 spiro atoms. The van der Waals surface area contributed by atoms with E-state index >= 15 is 0 Å². The molecular weight excluding hydrogens is 252 g/mol. The molecule has 0 aliphatic heterocycles. The maximum absolute atomic E-state index is 5.35. The first-order chi connectivity index (χ1) is 9.86. The highest BCUT2D eigenvalue weighted by atomic mass is 16.5. The molecular formula is C16H16N2O2. The van der Waals surface area contributed by atoms with Crippen LogP contribution in [0.5, 0.6) is 5.75 Å².